The molecular formula is C34H41N7O2SSi. The van der Waals surface area contributed by atoms with E-state index in [0.717, 1.165) is 64.2 Å². The highest BCUT2D eigenvalue weighted by Crippen LogP contribution is 2.41. The van der Waals surface area contributed by atoms with Crippen molar-refractivity contribution < 1.29 is 9.47 Å². The van der Waals surface area contributed by atoms with Gasteiger partial charge in [0.05, 0.1) is 23.4 Å². The molecule has 0 radical (unpaired) electrons. The molecule has 11 heteroatoms. The molecule has 234 valence electrons. The first-order chi connectivity index (χ1) is 21.6. The summed E-state index contributed by atoms with van der Waals surface area (Å²) in [6, 6.07) is 16.4. The van der Waals surface area contributed by atoms with Gasteiger partial charge in [-0.2, -0.15) is 5.10 Å². The summed E-state index contributed by atoms with van der Waals surface area (Å²) in [6.07, 6.45) is 6.81. The Kier molecular flexibility index (Phi) is 8.87. The minimum atomic E-state index is -1.20. The second-order valence-corrected chi connectivity index (χ2v) is 19.6. The Morgan fingerprint density at radius 3 is 2.60 bits per heavy atom. The molecule has 9 nitrogen and oxygen atoms in total. The highest BCUT2D eigenvalue weighted by atomic mass is 32.1. The van der Waals surface area contributed by atoms with Crippen LogP contribution in [-0.2, 0) is 22.7 Å². The SMILES string of the molecule is COCCCn1cc(-c2cc(-c3cc4ccccc4s3)c3c(cnn3COCC[Si](C)(C)C)c2)c2nc(C(=N)N(C)C)ncc21. The number of rotatable bonds is 12. The van der Waals surface area contributed by atoms with Gasteiger partial charge in [0.25, 0.3) is 0 Å². The highest BCUT2D eigenvalue weighted by Gasteiger charge is 2.20. The number of amidine groups is 1. The molecule has 0 saturated heterocycles. The standard InChI is InChI=1S/C34H41N7O2SSi/c1-39(2)33(35)34-36-20-28-31(38-34)27(21-40(28)12-9-13-42-3)24-16-25-19-37-41(22-43-14-15-45(4,5)6)32(25)26(17-24)30-18-23-10-7-8-11-29(23)44-30/h7-8,10-11,16-21,35H,9,12-15,22H2,1-6H3. The molecule has 1 N–H and O–H groups in total. The fourth-order valence-electron chi connectivity index (χ4n) is 5.48. The molecule has 0 saturated carbocycles. The van der Waals surface area contributed by atoms with E-state index in [1.165, 1.54) is 15.0 Å². The minimum absolute atomic E-state index is 0.270. The molecule has 4 aromatic heterocycles. The Bertz CT molecular complexity index is 1950. The zero-order valence-electron chi connectivity index (χ0n) is 26.9. The summed E-state index contributed by atoms with van der Waals surface area (Å²) in [4.78, 5) is 12.4. The van der Waals surface area contributed by atoms with Crippen molar-refractivity contribution in [3.63, 3.8) is 0 Å². The quantitative estimate of drug-likeness (QED) is 0.0643. The van der Waals surface area contributed by atoms with Gasteiger partial charge in [-0.3, -0.25) is 5.41 Å². The molecule has 6 aromatic rings. The number of benzene rings is 2. The number of fused-ring (bicyclic) bond motifs is 3. The first-order valence-electron chi connectivity index (χ1n) is 15.3. The van der Waals surface area contributed by atoms with E-state index < -0.39 is 8.07 Å². The molecule has 2 aromatic carbocycles. The molecule has 0 aliphatic heterocycles. The van der Waals surface area contributed by atoms with Gasteiger partial charge in [-0.1, -0.05) is 37.8 Å². The molecule has 0 amide bonds. The highest BCUT2D eigenvalue weighted by molar-refractivity contribution is 7.22. The zero-order valence-corrected chi connectivity index (χ0v) is 28.7. The van der Waals surface area contributed by atoms with E-state index >= 15 is 0 Å². The number of aryl methyl sites for hydroxylation is 1. The number of ether oxygens (including phenoxy) is 2. The van der Waals surface area contributed by atoms with Gasteiger partial charge in [-0.05, 0) is 47.7 Å². The summed E-state index contributed by atoms with van der Waals surface area (Å²) < 4.78 is 17.0. The van der Waals surface area contributed by atoms with Crippen LogP contribution in [0.1, 0.15) is 12.2 Å². The Hall–Kier alpha value is -3.90. The van der Waals surface area contributed by atoms with E-state index in [1.807, 2.05) is 31.2 Å². The third kappa shape index (κ3) is 6.57. The molecule has 4 heterocycles. The number of hydrogen-bond acceptors (Lipinski definition) is 7. The smallest absolute Gasteiger partial charge is 0.195 e. The van der Waals surface area contributed by atoms with Crippen molar-refractivity contribution in [1.29, 1.82) is 5.41 Å². The van der Waals surface area contributed by atoms with Crippen LogP contribution in [0.4, 0.5) is 0 Å². The lowest BCUT2D eigenvalue weighted by molar-refractivity contribution is 0.0817. The summed E-state index contributed by atoms with van der Waals surface area (Å²) in [5, 5.41) is 15.6. The van der Waals surface area contributed by atoms with E-state index in [9.17, 15) is 0 Å². The number of nitrogens with zero attached hydrogens (tertiary/aromatic N) is 6. The second-order valence-electron chi connectivity index (χ2n) is 12.9. The van der Waals surface area contributed by atoms with Crippen LogP contribution in [0.15, 0.2) is 61.1 Å². The van der Waals surface area contributed by atoms with Crippen LogP contribution in [0.3, 0.4) is 0 Å². The van der Waals surface area contributed by atoms with Crippen molar-refractivity contribution in [2.24, 2.45) is 0 Å². The molecule has 0 bridgehead atoms. The monoisotopic (exact) mass is 639 g/mol. The topological polar surface area (TPSA) is 94.1 Å². The summed E-state index contributed by atoms with van der Waals surface area (Å²) in [7, 11) is 4.20. The Balaban J connectivity index is 1.51. The first-order valence-corrected chi connectivity index (χ1v) is 19.8. The molecule has 0 fully saturated rings. The van der Waals surface area contributed by atoms with Crippen LogP contribution in [0, 0.1) is 5.41 Å². The number of nitrogens with one attached hydrogen (secondary N) is 1. The maximum absolute atomic E-state index is 8.55. The molecule has 45 heavy (non-hydrogen) atoms. The molecule has 6 rings (SSSR count). The zero-order chi connectivity index (χ0) is 31.7. The third-order valence-electron chi connectivity index (χ3n) is 7.97. The first kappa shape index (κ1) is 31.1. The maximum atomic E-state index is 8.55. The number of aromatic nitrogens is 5. The predicted molar refractivity (Wildman–Crippen MR) is 188 cm³/mol. The summed E-state index contributed by atoms with van der Waals surface area (Å²) in [5.41, 5.74) is 5.99. The van der Waals surface area contributed by atoms with Gasteiger partial charge in [0.2, 0.25) is 0 Å². The second kappa shape index (κ2) is 12.8. The average Bonchev–Trinajstić information content (AvgIpc) is 3.73. The van der Waals surface area contributed by atoms with E-state index in [1.54, 1.807) is 23.3 Å². The lowest BCUT2D eigenvalue weighted by Crippen LogP contribution is -2.24. The van der Waals surface area contributed by atoms with Gasteiger partial charge in [-0.25, -0.2) is 14.6 Å². The van der Waals surface area contributed by atoms with Gasteiger partial charge in [0.1, 0.15) is 12.2 Å². The predicted octanol–water partition coefficient (Wildman–Crippen LogP) is 7.57. The van der Waals surface area contributed by atoms with Crippen molar-refractivity contribution in [2.45, 2.75) is 45.4 Å². The Labute approximate surface area is 268 Å². The largest absolute Gasteiger partial charge is 0.385 e. The van der Waals surface area contributed by atoms with Gasteiger partial charge < -0.3 is 18.9 Å². The van der Waals surface area contributed by atoms with Crippen molar-refractivity contribution in [3.8, 4) is 21.6 Å². The van der Waals surface area contributed by atoms with Crippen LogP contribution in [0.2, 0.25) is 25.7 Å². The molecule has 0 atom stereocenters. The third-order valence-corrected chi connectivity index (χ3v) is 10.8. The fraction of sp³-hybridized carbons (Fsp3) is 0.353. The molecule has 0 aliphatic rings. The van der Waals surface area contributed by atoms with Crippen LogP contribution < -0.4 is 0 Å². The van der Waals surface area contributed by atoms with Gasteiger partial charge in [0.15, 0.2) is 11.7 Å². The lowest BCUT2D eigenvalue weighted by Gasteiger charge is -2.16. The minimum Gasteiger partial charge on any atom is -0.385 e. The molecule has 0 unspecified atom stereocenters. The number of thiophene rings is 1. The van der Waals surface area contributed by atoms with Crippen molar-refractivity contribution in [3.05, 3.63) is 66.9 Å². The normalized spacial score (nSPS) is 12.1. The average molecular weight is 640 g/mol. The van der Waals surface area contributed by atoms with Crippen molar-refractivity contribution >= 4 is 57.3 Å². The summed E-state index contributed by atoms with van der Waals surface area (Å²) >= 11 is 1.79. The van der Waals surface area contributed by atoms with Crippen LogP contribution >= 0.6 is 11.3 Å². The number of hydrogen-bond donors (Lipinski definition) is 1. The number of methoxy groups -OCH3 is 1. The van der Waals surface area contributed by atoms with Crippen molar-refractivity contribution in [2.75, 3.05) is 34.4 Å². The van der Waals surface area contributed by atoms with E-state index in [0.29, 0.717) is 19.2 Å². The van der Waals surface area contributed by atoms with Gasteiger partial charge in [0, 0.05) is 81.3 Å². The molecule has 0 aliphatic carbocycles. The lowest BCUT2D eigenvalue weighted by atomic mass is 10.0. The van der Waals surface area contributed by atoms with E-state index in [-0.39, 0.29) is 5.84 Å². The fourth-order valence-corrected chi connectivity index (χ4v) is 7.31. The van der Waals surface area contributed by atoms with E-state index in [2.05, 4.69) is 77.9 Å². The summed E-state index contributed by atoms with van der Waals surface area (Å²) in [6.45, 7) is 9.69. The molecule has 0 spiro atoms. The van der Waals surface area contributed by atoms with Crippen LogP contribution in [-0.4, -0.2) is 77.5 Å². The van der Waals surface area contributed by atoms with Crippen molar-refractivity contribution in [1.82, 2.24) is 29.2 Å². The van der Waals surface area contributed by atoms with E-state index in [4.69, 9.17) is 25.0 Å². The van der Waals surface area contributed by atoms with Crippen LogP contribution in [0.25, 0.3) is 53.6 Å². The Morgan fingerprint density at radius 1 is 1.02 bits per heavy atom. The van der Waals surface area contributed by atoms with Gasteiger partial charge in [-0.15, -0.1) is 11.3 Å². The summed E-state index contributed by atoms with van der Waals surface area (Å²) in [5.74, 6) is 0.671. The molecular weight excluding hydrogens is 599 g/mol. The van der Waals surface area contributed by atoms with Gasteiger partial charge >= 0.3 is 0 Å². The van der Waals surface area contributed by atoms with Crippen LogP contribution in [0.5, 0.6) is 0 Å². The Morgan fingerprint density at radius 2 is 1.84 bits per heavy atom. The maximum Gasteiger partial charge on any atom is 0.195 e.